The van der Waals surface area contributed by atoms with Crippen LogP contribution in [0.4, 0.5) is 5.82 Å². The van der Waals surface area contributed by atoms with E-state index in [0.29, 0.717) is 19.0 Å². The number of nitrogens with one attached hydrogen (secondary N) is 1. The monoisotopic (exact) mass is 415 g/mol. The fourth-order valence-corrected chi connectivity index (χ4v) is 5.44. The lowest BCUT2D eigenvalue weighted by Gasteiger charge is -2.36. The van der Waals surface area contributed by atoms with Crippen LogP contribution in [0.5, 0.6) is 5.75 Å². The van der Waals surface area contributed by atoms with Gasteiger partial charge in [0, 0.05) is 12.2 Å². The van der Waals surface area contributed by atoms with Gasteiger partial charge in [0.1, 0.15) is 11.6 Å². The van der Waals surface area contributed by atoms with Crippen molar-refractivity contribution in [3.8, 4) is 5.75 Å². The Kier molecular flexibility index (Phi) is 5.62. The molecule has 2 aliphatic heterocycles. The Labute approximate surface area is 176 Å². The van der Waals surface area contributed by atoms with Gasteiger partial charge in [0.05, 0.1) is 34.9 Å². The fraction of sp³-hybridized carbons (Fsp3) is 0.545. The molecular weight excluding hydrogens is 386 g/mol. The number of amides is 1. The molecule has 29 heavy (non-hydrogen) atoms. The van der Waals surface area contributed by atoms with Gasteiger partial charge in [-0.3, -0.25) is 4.79 Å². The van der Waals surface area contributed by atoms with E-state index in [1.807, 2.05) is 30.7 Å². The van der Waals surface area contributed by atoms with Gasteiger partial charge >= 0.3 is 0 Å². The second-order valence-corrected chi connectivity index (χ2v) is 9.38. The van der Waals surface area contributed by atoms with Gasteiger partial charge in [-0.15, -0.1) is 11.8 Å². The summed E-state index contributed by atoms with van der Waals surface area (Å²) >= 11 is 1.65. The molecule has 7 heteroatoms. The maximum Gasteiger partial charge on any atom is 0.235 e. The maximum absolute atomic E-state index is 12.5. The van der Waals surface area contributed by atoms with Crippen LogP contribution in [0.25, 0.3) is 0 Å². The highest BCUT2D eigenvalue weighted by Crippen LogP contribution is 2.45. The van der Waals surface area contributed by atoms with Gasteiger partial charge in [-0.05, 0) is 58.2 Å². The van der Waals surface area contributed by atoms with Gasteiger partial charge < -0.3 is 14.8 Å². The SMILES string of the molecule is CCOc1ccc([C@H]2SCC(=O)Nc3c2c(C)nn3[C@H]2CCOC(C)(C)C2)cc1. The number of aryl methyl sites for hydroxylation is 1. The number of rotatable bonds is 4. The number of ether oxygens (including phenoxy) is 2. The number of carbonyl (C=O) groups excluding carboxylic acids is 1. The van der Waals surface area contributed by atoms with E-state index < -0.39 is 0 Å². The summed E-state index contributed by atoms with van der Waals surface area (Å²) in [6.07, 6.45) is 1.77. The van der Waals surface area contributed by atoms with Crippen molar-refractivity contribution in [3.05, 3.63) is 41.1 Å². The summed E-state index contributed by atoms with van der Waals surface area (Å²) < 4.78 is 13.5. The zero-order valence-electron chi connectivity index (χ0n) is 17.5. The number of benzene rings is 1. The third kappa shape index (κ3) is 4.16. The van der Waals surface area contributed by atoms with Crippen LogP contribution >= 0.6 is 11.8 Å². The number of hydrogen-bond donors (Lipinski definition) is 1. The molecule has 1 aromatic carbocycles. The molecule has 0 bridgehead atoms. The van der Waals surface area contributed by atoms with Gasteiger partial charge in [0.2, 0.25) is 5.91 Å². The minimum Gasteiger partial charge on any atom is -0.494 e. The molecule has 6 nitrogen and oxygen atoms in total. The number of hydrogen-bond acceptors (Lipinski definition) is 5. The van der Waals surface area contributed by atoms with Crippen LogP contribution in [-0.4, -0.2) is 40.3 Å². The molecule has 1 amide bonds. The van der Waals surface area contributed by atoms with Crippen LogP contribution in [-0.2, 0) is 9.53 Å². The standard InChI is InChI=1S/C22H29N3O3S/c1-5-27-17-8-6-15(7-9-17)20-19-14(2)24-25(21(19)23-18(26)13-29-20)16-10-11-28-22(3,4)12-16/h6-9,16,20H,5,10-13H2,1-4H3,(H,23,26)/t16-,20+/m0/s1. The summed E-state index contributed by atoms with van der Waals surface area (Å²) in [6, 6.07) is 8.40. The first-order valence-electron chi connectivity index (χ1n) is 10.2. The van der Waals surface area contributed by atoms with Crippen molar-refractivity contribution in [1.82, 2.24) is 9.78 Å². The van der Waals surface area contributed by atoms with E-state index in [-0.39, 0.29) is 22.8 Å². The molecule has 3 heterocycles. The molecule has 4 rings (SSSR count). The first-order valence-corrected chi connectivity index (χ1v) is 11.3. The summed E-state index contributed by atoms with van der Waals surface area (Å²) in [5.74, 6) is 2.16. The average Bonchev–Trinajstić information content (AvgIpc) is 2.88. The fourth-order valence-electron chi connectivity index (χ4n) is 4.25. The van der Waals surface area contributed by atoms with E-state index in [4.69, 9.17) is 14.6 Å². The minimum atomic E-state index is -0.187. The Morgan fingerprint density at radius 2 is 2.10 bits per heavy atom. The van der Waals surface area contributed by atoms with Crippen molar-refractivity contribution in [2.45, 2.75) is 57.4 Å². The summed E-state index contributed by atoms with van der Waals surface area (Å²) in [7, 11) is 0. The highest BCUT2D eigenvalue weighted by Gasteiger charge is 2.36. The summed E-state index contributed by atoms with van der Waals surface area (Å²) in [4.78, 5) is 12.5. The normalized spacial score (nSPS) is 23.8. The highest BCUT2D eigenvalue weighted by atomic mass is 32.2. The van der Waals surface area contributed by atoms with Crippen LogP contribution < -0.4 is 10.1 Å². The Hall–Kier alpha value is -1.99. The van der Waals surface area contributed by atoms with Gasteiger partial charge in [-0.1, -0.05) is 12.1 Å². The maximum atomic E-state index is 12.5. The van der Waals surface area contributed by atoms with Crippen LogP contribution in [0, 0.1) is 6.92 Å². The van der Waals surface area contributed by atoms with Crippen LogP contribution in [0.15, 0.2) is 24.3 Å². The topological polar surface area (TPSA) is 65.4 Å². The Bertz CT molecular complexity index is 891. The van der Waals surface area contributed by atoms with Gasteiger partial charge in [0.15, 0.2) is 0 Å². The molecule has 2 aliphatic rings. The third-order valence-electron chi connectivity index (χ3n) is 5.54. The molecular formula is C22H29N3O3S. The molecule has 0 spiro atoms. The lowest BCUT2D eigenvalue weighted by Crippen LogP contribution is -2.36. The van der Waals surface area contributed by atoms with E-state index >= 15 is 0 Å². The number of aromatic nitrogens is 2. The van der Waals surface area contributed by atoms with Crippen molar-refractivity contribution < 1.29 is 14.3 Å². The van der Waals surface area contributed by atoms with Crippen LogP contribution in [0.2, 0.25) is 0 Å². The van der Waals surface area contributed by atoms with E-state index in [0.717, 1.165) is 41.2 Å². The third-order valence-corrected chi connectivity index (χ3v) is 6.81. The number of nitrogens with zero attached hydrogens (tertiary/aromatic N) is 2. The Balaban J connectivity index is 1.73. The largest absolute Gasteiger partial charge is 0.494 e. The van der Waals surface area contributed by atoms with Crippen LogP contribution in [0.3, 0.4) is 0 Å². The molecule has 0 radical (unpaired) electrons. The number of anilines is 1. The second-order valence-electron chi connectivity index (χ2n) is 8.29. The molecule has 0 saturated carbocycles. The quantitative estimate of drug-likeness (QED) is 0.797. The first-order chi connectivity index (χ1) is 13.9. The molecule has 1 aromatic heterocycles. The molecule has 1 fully saturated rings. The summed E-state index contributed by atoms with van der Waals surface area (Å²) in [5.41, 5.74) is 3.05. The molecule has 2 atom stereocenters. The number of carbonyl (C=O) groups is 1. The summed E-state index contributed by atoms with van der Waals surface area (Å²) in [5, 5.41) is 8.09. The van der Waals surface area contributed by atoms with Gasteiger partial charge in [-0.2, -0.15) is 5.10 Å². The number of fused-ring (bicyclic) bond motifs is 1. The van der Waals surface area contributed by atoms with Crippen molar-refractivity contribution in [1.29, 1.82) is 0 Å². The average molecular weight is 416 g/mol. The van der Waals surface area contributed by atoms with E-state index in [2.05, 4.69) is 31.3 Å². The van der Waals surface area contributed by atoms with E-state index in [1.165, 1.54) is 0 Å². The smallest absolute Gasteiger partial charge is 0.235 e. The van der Waals surface area contributed by atoms with Gasteiger partial charge in [0.25, 0.3) is 0 Å². The summed E-state index contributed by atoms with van der Waals surface area (Å²) in [6.45, 7) is 9.61. The molecule has 156 valence electrons. The van der Waals surface area contributed by atoms with Gasteiger partial charge in [-0.25, -0.2) is 4.68 Å². The highest BCUT2D eigenvalue weighted by molar-refractivity contribution is 8.00. The minimum absolute atomic E-state index is 0.0251. The first kappa shape index (κ1) is 20.3. The predicted molar refractivity (Wildman–Crippen MR) is 116 cm³/mol. The second kappa shape index (κ2) is 8.03. The Morgan fingerprint density at radius 3 is 2.79 bits per heavy atom. The molecule has 1 saturated heterocycles. The van der Waals surface area contributed by atoms with E-state index in [9.17, 15) is 4.79 Å². The van der Waals surface area contributed by atoms with Crippen molar-refractivity contribution in [3.63, 3.8) is 0 Å². The van der Waals surface area contributed by atoms with Crippen LogP contribution in [0.1, 0.15) is 61.7 Å². The van der Waals surface area contributed by atoms with Crippen molar-refractivity contribution in [2.24, 2.45) is 0 Å². The number of thioether (sulfide) groups is 1. The molecule has 0 unspecified atom stereocenters. The van der Waals surface area contributed by atoms with Crippen molar-refractivity contribution >= 4 is 23.5 Å². The lowest BCUT2D eigenvalue weighted by molar-refractivity contribution is -0.113. The zero-order chi connectivity index (χ0) is 20.6. The Morgan fingerprint density at radius 1 is 1.34 bits per heavy atom. The molecule has 2 aromatic rings. The predicted octanol–water partition coefficient (Wildman–Crippen LogP) is 4.50. The lowest BCUT2D eigenvalue weighted by atomic mass is 9.94. The van der Waals surface area contributed by atoms with Crippen molar-refractivity contribution in [2.75, 3.05) is 24.3 Å². The van der Waals surface area contributed by atoms with E-state index in [1.54, 1.807) is 11.8 Å². The molecule has 0 aliphatic carbocycles. The zero-order valence-corrected chi connectivity index (χ0v) is 18.3. The molecule has 1 N–H and O–H groups in total.